The number of allylic oxidation sites excluding steroid dienone is 1. The number of carbonyl (C=O) groups excluding carboxylic acids is 1. The molecule has 2 atom stereocenters. The quantitative estimate of drug-likeness (QED) is 0.172. The molecule has 2 aliphatic rings. The lowest BCUT2D eigenvalue weighted by atomic mass is 9.97. The molecule has 226 valence electrons. The first-order valence-electron chi connectivity index (χ1n) is 14.2. The molecule has 5 nitrogen and oxygen atoms in total. The number of benzene rings is 2. The Labute approximate surface area is 262 Å². The van der Waals surface area contributed by atoms with Crippen LogP contribution in [0.5, 0.6) is 5.75 Å². The SMILES string of the molecule is C#C.C=C1CCCCC1.CC(=O)C1Sc2ccccc2C1Cl.CCc1cc(-c2ccc(NC)nc2)ccc1OC.CN. The molecule has 1 aliphatic carbocycles. The number of aryl methyl sites for hydroxylation is 1. The number of ether oxygens (including phenoxy) is 1. The molecular weight excluding hydrogens is 562 g/mol. The van der Waals surface area contributed by atoms with Gasteiger partial charge >= 0.3 is 0 Å². The topological polar surface area (TPSA) is 77.2 Å². The molecule has 7 heteroatoms. The third-order valence-corrected chi connectivity index (χ3v) is 8.83. The minimum absolute atomic E-state index is 0.0981. The van der Waals surface area contributed by atoms with Crippen molar-refractivity contribution in [3.05, 3.63) is 84.1 Å². The molecule has 0 radical (unpaired) electrons. The summed E-state index contributed by atoms with van der Waals surface area (Å²) in [7, 11) is 5.07. The molecule has 2 unspecified atom stereocenters. The van der Waals surface area contributed by atoms with Gasteiger partial charge in [-0.2, -0.15) is 0 Å². The highest BCUT2D eigenvalue weighted by Crippen LogP contribution is 2.47. The Balaban J connectivity index is 0.000000320. The lowest BCUT2D eigenvalue weighted by Crippen LogP contribution is -2.14. The number of hydrogen-bond acceptors (Lipinski definition) is 6. The van der Waals surface area contributed by atoms with Crippen LogP contribution in [-0.2, 0) is 11.2 Å². The molecule has 0 amide bonds. The zero-order valence-corrected chi connectivity index (χ0v) is 27.2. The maximum Gasteiger partial charge on any atom is 0.144 e. The standard InChI is InChI=1S/C15H18N2O.C10H9ClOS.C7H12.C2H2.CH5N/c1-4-11-9-12(5-7-14(11)18-3)13-6-8-15(16-2)17-10-13;1-6(12)10-9(11)7-4-2-3-5-8(7)13-10;1-7-5-3-2-4-6-7;2*1-2/h5-10H,4H2,1-3H3,(H,16,17);2-5,9-10H,1H3;1-6H2;1-2H;2H2,1H3. The summed E-state index contributed by atoms with van der Waals surface area (Å²) in [5.41, 5.74) is 10.6. The average molecular weight is 608 g/mol. The highest BCUT2D eigenvalue weighted by molar-refractivity contribution is 8.01. The van der Waals surface area contributed by atoms with Crippen LogP contribution in [0.4, 0.5) is 5.82 Å². The van der Waals surface area contributed by atoms with Crippen molar-refractivity contribution < 1.29 is 9.53 Å². The largest absolute Gasteiger partial charge is 0.496 e. The molecule has 2 aromatic carbocycles. The fourth-order valence-electron chi connectivity index (χ4n) is 4.46. The summed E-state index contributed by atoms with van der Waals surface area (Å²) in [5.74, 6) is 1.98. The number of carbonyl (C=O) groups is 1. The fraction of sp³-hybridized carbons (Fsp3) is 0.371. The number of fused-ring (bicyclic) bond motifs is 1. The summed E-state index contributed by atoms with van der Waals surface area (Å²) in [6.07, 6.45) is 17.6. The smallest absolute Gasteiger partial charge is 0.144 e. The van der Waals surface area contributed by atoms with Crippen molar-refractivity contribution in [3.63, 3.8) is 0 Å². The van der Waals surface area contributed by atoms with Gasteiger partial charge in [0.25, 0.3) is 0 Å². The van der Waals surface area contributed by atoms with Gasteiger partial charge in [-0.1, -0.05) is 49.8 Å². The van der Waals surface area contributed by atoms with Crippen molar-refractivity contribution in [2.24, 2.45) is 5.73 Å². The van der Waals surface area contributed by atoms with E-state index < -0.39 is 0 Å². The van der Waals surface area contributed by atoms with Crippen LogP contribution in [0, 0.1) is 12.8 Å². The van der Waals surface area contributed by atoms with E-state index in [9.17, 15) is 4.79 Å². The predicted octanol–water partition coefficient (Wildman–Crippen LogP) is 8.72. The molecule has 42 heavy (non-hydrogen) atoms. The molecule has 3 aromatic rings. The summed E-state index contributed by atoms with van der Waals surface area (Å²) in [6.45, 7) is 7.64. The number of ketones is 1. The summed E-state index contributed by atoms with van der Waals surface area (Å²) in [5, 5.41) is 2.76. The Bertz CT molecular complexity index is 1250. The van der Waals surface area contributed by atoms with Gasteiger partial charge in [0, 0.05) is 23.7 Å². The van der Waals surface area contributed by atoms with Crippen molar-refractivity contribution in [1.29, 1.82) is 0 Å². The molecule has 2 heterocycles. The number of nitrogens with two attached hydrogens (primary N) is 1. The molecule has 0 spiro atoms. The molecule has 1 aromatic heterocycles. The highest BCUT2D eigenvalue weighted by atomic mass is 35.5. The van der Waals surface area contributed by atoms with E-state index in [-0.39, 0.29) is 16.4 Å². The van der Waals surface area contributed by atoms with Gasteiger partial charge < -0.3 is 15.8 Å². The second-order valence-electron chi connectivity index (χ2n) is 9.46. The number of rotatable bonds is 5. The number of nitrogens with zero attached hydrogens (tertiary/aromatic N) is 1. The Kier molecular flexibility index (Phi) is 18.0. The van der Waals surface area contributed by atoms with Crippen LogP contribution in [0.2, 0.25) is 0 Å². The molecule has 1 aliphatic heterocycles. The van der Waals surface area contributed by atoms with Gasteiger partial charge in [-0.15, -0.1) is 36.2 Å². The van der Waals surface area contributed by atoms with E-state index in [1.165, 1.54) is 55.9 Å². The van der Waals surface area contributed by atoms with Gasteiger partial charge in [0.1, 0.15) is 17.4 Å². The maximum atomic E-state index is 11.2. The number of thioether (sulfide) groups is 1. The number of anilines is 1. The highest BCUT2D eigenvalue weighted by Gasteiger charge is 2.34. The molecule has 0 bridgehead atoms. The summed E-state index contributed by atoms with van der Waals surface area (Å²) >= 11 is 7.73. The lowest BCUT2D eigenvalue weighted by molar-refractivity contribution is -0.116. The molecule has 3 N–H and O–H groups in total. The van der Waals surface area contributed by atoms with E-state index >= 15 is 0 Å². The Hall–Kier alpha value is -3.24. The van der Waals surface area contributed by atoms with Crippen LogP contribution in [0.25, 0.3) is 11.1 Å². The molecule has 0 saturated heterocycles. The minimum Gasteiger partial charge on any atom is -0.496 e. The van der Waals surface area contributed by atoms with Crippen LogP contribution in [0.1, 0.15) is 62.5 Å². The predicted molar refractivity (Wildman–Crippen MR) is 183 cm³/mol. The van der Waals surface area contributed by atoms with E-state index in [1.807, 2.05) is 49.6 Å². The van der Waals surface area contributed by atoms with Crippen molar-refractivity contribution in [1.82, 2.24) is 4.98 Å². The van der Waals surface area contributed by atoms with E-state index in [2.05, 4.69) is 60.6 Å². The van der Waals surface area contributed by atoms with Gasteiger partial charge in [-0.05, 0) is 93.1 Å². The normalized spacial score (nSPS) is 16.3. The Morgan fingerprint density at radius 1 is 1.10 bits per heavy atom. The van der Waals surface area contributed by atoms with Gasteiger partial charge in [0.15, 0.2) is 0 Å². The number of pyridine rings is 1. The van der Waals surface area contributed by atoms with Crippen molar-refractivity contribution in [3.8, 4) is 29.7 Å². The first-order valence-corrected chi connectivity index (χ1v) is 15.5. The summed E-state index contributed by atoms with van der Waals surface area (Å²) in [4.78, 5) is 16.7. The van der Waals surface area contributed by atoms with Crippen molar-refractivity contribution in [2.45, 2.75) is 67.9 Å². The number of methoxy groups -OCH3 is 1. The van der Waals surface area contributed by atoms with Gasteiger partial charge in [0.2, 0.25) is 0 Å². The summed E-state index contributed by atoms with van der Waals surface area (Å²) in [6, 6.07) is 18.2. The second kappa shape index (κ2) is 20.6. The first kappa shape index (κ1) is 36.8. The number of aromatic nitrogens is 1. The third kappa shape index (κ3) is 11.2. The zero-order chi connectivity index (χ0) is 31.5. The third-order valence-electron chi connectivity index (χ3n) is 6.71. The van der Waals surface area contributed by atoms with Crippen molar-refractivity contribution in [2.75, 3.05) is 26.5 Å². The van der Waals surface area contributed by atoms with E-state index in [0.717, 1.165) is 34.0 Å². The van der Waals surface area contributed by atoms with Crippen molar-refractivity contribution >= 4 is 35.0 Å². The van der Waals surface area contributed by atoms with E-state index in [1.54, 1.807) is 25.8 Å². The number of terminal acetylenes is 1. The van der Waals surface area contributed by atoms with Crippen LogP contribution in [0.15, 0.2) is 77.8 Å². The number of nitrogens with one attached hydrogen (secondary N) is 1. The maximum absolute atomic E-state index is 11.2. The van der Waals surface area contributed by atoms with Crippen LogP contribution < -0.4 is 15.8 Å². The van der Waals surface area contributed by atoms with E-state index in [4.69, 9.17) is 16.3 Å². The van der Waals surface area contributed by atoms with Crippen LogP contribution >= 0.6 is 23.4 Å². The van der Waals surface area contributed by atoms with Gasteiger partial charge in [0.05, 0.1) is 17.7 Å². The molecule has 1 fully saturated rings. The Morgan fingerprint density at radius 2 is 1.74 bits per heavy atom. The first-order chi connectivity index (χ1) is 20.4. The zero-order valence-electron chi connectivity index (χ0n) is 25.7. The Morgan fingerprint density at radius 3 is 2.21 bits per heavy atom. The van der Waals surface area contributed by atoms with Crippen LogP contribution in [0.3, 0.4) is 0 Å². The monoisotopic (exact) mass is 607 g/mol. The molecule has 5 rings (SSSR count). The molecule has 1 saturated carbocycles. The lowest BCUT2D eigenvalue weighted by Gasteiger charge is -2.10. The average Bonchev–Trinajstić information content (AvgIpc) is 3.40. The van der Waals surface area contributed by atoms with Crippen LogP contribution in [-0.4, -0.2) is 37.2 Å². The number of halogens is 1. The van der Waals surface area contributed by atoms with E-state index in [0.29, 0.717) is 0 Å². The minimum atomic E-state index is -0.154. The summed E-state index contributed by atoms with van der Waals surface area (Å²) < 4.78 is 5.34. The molecular formula is C35H46ClN3O2S. The van der Waals surface area contributed by atoms with Gasteiger partial charge in [-0.3, -0.25) is 4.79 Å². The number of alkyl halides is 1. The second-order valence-corrected chi connectivity index (χ2v) is 11.1. The fourth-order valence-corrected chi connectivity index (χ4v) is 6.24. The number of hydrogen-bond donors (Lipinski definition) is 2. The number of Topliss-reactive ketones (excluding diaryl/α,β-unsaturated/α-hetero) is 1. The van der Waals surface area contributed by atoms with Gasteiger partial charge in [-0.25, -0.2) is 4.98 Å².